The number of hydrogen-bond donors (Lipinski definition) is 2. The van der Waals surface area contributed by atoms with Gasteiger partial charge in [-0.05, 0) is 36.1 Å². The van der Waals surface area contributed by atoms with E-state index >= 15 is 0 Å². The fourth-order valence-electron chi connectivity index (χ4n) is 1.84. The zero-order valence-electron chi connectivity index (χ0n) is 13.0. The molecule has 1 heterocycles. The van der Waals surface area contributed by atoms with E-state index in [0.717, 1.165) is 17.4 Å². The van der Waals surface area contributed by atoms with Crippen LogP contribution < -0.4 is 10.5 Å². The maximum absolute atomic E-state index is 12.0. The summed E-state index contributed by atoms with van der Waals surface area (Å²) in [6.45, 7) is 0.888. The molecule has 0 atom stereocenters. The first-order valence-corrected chi connectivity index (χ1v) is 9.29. The van der Waals surface area contributed by atoms with Crippen molar-refractivity contribution in [1.82, 2.24) is 5.32 Å². The Kier molecular flexibility index (Phi) is 5.67. The van der Waals surface area contributed by atoms with Crippen LogP contribution in [0, 0.1) is 6.92 Å². The molecular weight excluding hydrogens is 368 g/mol. The minimum atomic E-state index is -3.98. The Labute approximate surface area is 147 Å². The van der Waals surface area contributed by atoms with Gasteiger partial charge >= 0.3 is 5.97 Å². The number of thiophene rings is 1. The molecule has 0 saturated heterocycles. The van der Waals surface area contributed by atoms with Crippen LogP contribution in [-0.2, 0) is 19.6 Å². The Morgan fingerprint density at radius 2 is 1.96 bits per heavy atom. The number of primary sulfonamides is 1. The van der Waals surface area contributed by atoms with E-state index < -0.39 is 34.4 Å². The number of nitrogens with two attached hydrogens (primary N) is 1. The molecular formula is C15H14N2O6S2. The molecule has 3 N–H and O–H groups in total. The molecule has 8 nitrogen and oxygen atoms in total. The molecule has 0 aliphatic carbocycles. The number of carbonyl (C=O) groups excluding carboxylic acids is 3. The first kappa shape index (κ1) is 18.8. The third kappa shape index (κ3) is 4.95. The summed E-state index contributed by atoms with van der Waals surface area (Å²) in [6, 6.07) is 6.93. The Hall–Kier alpha value is -2.56. The lowest BCUT2D eigenvalue weighted by Gasteiger charge is -2.08. The Balaban J connectivity index is 2.00. The molecule has 0 spiro atoms. The monoisotopic (exact) mass is 382 g/mol. The van der Waals surface area contributed by atoms with Gasteiger partial charge in [-0.2, -0.15) is 0 Å². The fourth-order valence-corrected chi connectivity index (χ4v) is 3.00. The first-order chi connectivity index (χ1) is 11.7. The number of benzene rings is 1. The highest BCUT2D eigenvalue weighted by Gasteiger charge is 2.18. The maximum atomic E-state index is 12.0. The number of imide groups is 1. The number of nitrogens with one attached hydrogen (secondary N) is 1. The van der Waals surface area contributed by atoms with Gasteiger partial charge in [-0.1, -0.05) is 12.1 Å². The molecule has 0 saturated carbocycles. The van der Waals surface area contributed by atoms with Crippen LogP contribution >= 0.6 is 11.3 Å². The van der Waals surface area contributed by atoms with E-state index in [9.17, 15) is 22.8 Å². The second-order valence-corrected chi connectivity index (χ2v) is 7.46. The Morgan fingerprint density at radius 1 is 1.24 bits per heavy atom. The van der Waals surface area contributed by atoms with Gasteiger partial charge < -0.3 is 4.74 Å². The van der Waals surface area contributed by atoms with E-state index in [2.05, 4.69) is 5.32 Å². The number of esters is 1. The van der Waals surface area contributed by atoms with Gasteiger partial charge in [0.25, 0.3) is 11.8 Å². The summed E-state index contributed by atoms with van der Waals surface area (Å²) in [5.74, 6) is -2.29. The minimum absolute atomic E-state index is 0.0380. The molecule has 2 rings (SSSR count). The van der Waals surface area contributed by atoms with Crippen molar-refractivity contribution in [2.75, 3.05) is 6.61 Å². The van der Waals surface area contributed by atoms with Crippen molar-refractivity contribution in [3.63, 3.8) is 0 Å². The Morgan fingerprint density at radius 3 is 2.56 bits per heavy atom. The summed E-state index contributed by atoms with van der Waals surface area (Å²) in [4.78, 5) is 35.5. The van der Waals surface area contributed by atoms with E-state index in [1.54, 1.807) is 24.4 Å². The predicted octanol–water partition coefficient (Wildman–Crippen LogP) is 0.817. The lowest BCUT2D eigenvalue weighted by atomic mass is 10.1. The molecule has 2 amide bonds. The van der Waals surface area contributed by atoms with Crippen LogP contribution in [0.3, 0.4) is 0 Å². The summed E-state index contributed by atoms with van der Waals surface area (Å²) in [5, 5.41) is 8.78. The summed E-state index contributed by atoms with van der Waals surface area (Å²) < 4.78 is 27.5. The number of hydrogen-bond acceptors (Lipinski definition) is 7. The number of carbonyl (C=O) groups is 3. The van der Waals surface area contributed by atoms with E-state index in [0.29, 0.717) is 10.4 Å². The molecule has 1 aromatic carbocycles. The molecule has 25 heavy (non-hydrogen) atoms. The SMILES string of the molecule is Cc1ccc(S(N)(=O)=O)cc1C(=O)OCC(=O)NC(=O)c1cccs1. The molecule has 1 aromatic heterocycles. The van der Waals surface area contributed by atoms with Gasteiger partial charge in [-0.3, -0.25) is 14.9 Å². The topological polar surface area (TPSA) is 133 Å². The fraction of sp³-hybridized carbons (Fsp3) is 0.133. The van der Waals surface area contributed by atoms with Crippen molar-refractivity contribution in [3.05, 3.63) is 51.7 Å². The van der Waals surface area contributed by atoms with Gasteiger partial charge in [-0.25, -0.2) is 18.4 Å². The number of rotatable bonds is 5. The smallest absolute Gasteiger partial charge is 0.338 e. The zero-order chi connectivity index (χ0) is 18.6. The van der Waals surface area contributed by atoms with Crippen molar-refractivity contribution >= 4 is 39.1 Å². The second-order valence-electron chi connectivity index (χ2n) is 4.95. The highest BCUT2D eigenvalue weighted by molar-refractivity contribution is 7.89. The van der Waals surface area contributed by atoms with Crippen LogP contribution in [0.4, 0.5) is 0 Å². The third-order valence-corrected chi connectivity index (χ3v) is 4.87. The van der Waals surface area contributed by atoms with Gasteiger partial charge in [0.05, 0.1) is 15.3 Å². The van der Waals surface area contributed by atoms with Crippen LogP contribution in [-0.4, -0.2) is 32.8 Å². The quantitative estimate of drug-likeness (QED) is 0.736. The molecule has 132 valence electrons. The molecule has 0 unspecified atom stereocenters. The minimum Gasteiger partial charge on any atom is -0.452 e. The molecule has 0 fully saturated rings. The number of aryl methyl sites for hydroxylation is 1. The lowest BCUT2D eigenvalue weighted by Crippen LogP contribution is -2.33. The highest BCUT2D eigenvalue weighted by atomic mass is 32.2. The molecule has 0 aliphatic rings. The molecule has 0 radical (unpaired) electrons. The molecule has 10 heteroatoms. The van der Waals surface area contributed by atoms with E-state index in [1.165, 1.54) is 12.1 Å². The van der Waals surface area contributed by atoms with Crippen molar-refractivity contribution in [3.8, 4) is 0 Å². The number of sulfonamides is 1. The van der Waals surface area contributed by atoms with E-state index in [4.69, 9.17) is 9.88 Å². The molecule has 2 aromatic rings. The van der Waals surface area contributed by atoms with Crippen molar-refractivity contribution in [2.24, 2.45) is 5.14 Å². The normalized spacial score (nSPS) is 11.0. The van der Waals surface area contributed by atoms with Crippen LogP contribution in [0.15, 0.2) is 40.6 Å². The van der Waals surface area contributed by atoms with E-state index in [-0.39, 0.29) is 10.5 Å². The van der Waals surface area contributed by atoms with Crippen molar-refractivity contribution in [2.45, 2.75) is 11.8 Å². The van der Waals surface area contributed by atoms with Crippen molar-refractivity contribution < 1.29 is 27.5 Å². The second kappa shape index (κ2) is 7.55. The zero-order valence-corrected chi connectivity index (χ0v) is 14.6. The van der Waals surface area contributed by atoms with Crippen LogP contribution in [0.2, 0.25) is 0 Å². The van der Waals surface area contributed by atoms with Crippen LogP contribution in [0.1, 0.15) is 25.6 Å². The summed E-state index contributed by atoms with van der Waals surface area (Å²) >= 11 is 1.16. The van der Waals surface area contributed by atoms with Gasteiger partial charge in [0, 0.05) is 0 Å². The van der Waals surface area contributed by atoms with Crippen molar-refractivity contribution in [1.29, 1.82) is 0 Å². The van der Waals surface area contributed by atoms with Gasteiger partial charge in [-0.15, -0.1) is 11.3 Å². The van der Waals surface area contributed by atoms with Crippen LogP contribution in [0.5, 0.6) is 0 Å². The average Bonchev–Trinajstić information content (AvgIpc) is 3.06. The van der Waals surface area contributed by atoms with Gasteiger partial charge in [0.2, 0.25) is 10.0 Å². The molecule has 0 bridgehead atoms. The maximum Gasteiger partial charge on any atom is 0.338 e. The number of ether oxygens (including phenoxy) is 1. The number of amides is 2. The summed E-state index contributed by atoms with van der Waals surface area (Å²) in [6.07, 6.45) is 0. The predicted molar refractivity (Wildman–Crippen MR) is 89.6 cm³/mol. The average molecular weight is 382 g/mol. The largest absolute Gasteiger partial charge is 0.452 e. The third-order valence-electron chi connectivity index (χ3n) is 3.09. The van der Waals surface area contributed by atoms with E-state index in [1.807, 2.05) is 0 Å². The van der Waals surface area contributed by atoms with Gasteiger partial charge in [0.15, 0.2) is 6.61 Å². The Bertz CT molecular complexity index is 920. The lowest BCUT2D eigenvalue weighted by molar-refractivity contribution is -0.123. The molecule has 0 aliphatic heterocycles. The van der Waals surface area contributed by atoms with Gasteiger partial charge in [0.1, 0.15) is 0 Å². The highest BCUT2D eigenvalue weighted by Crippen LogP contribution is 2.15. The summed E-state index contributed by atoms with van der Waals surface area (Å²) in [5.41, 5.74) is 0.413. The summed E-state index contributed by atoms with van der Waals surface area (Å²) in [7, 11) is -3.98. The standard InChI is InChI=1S/C15H14N2O6S2/c1-9-4-5-10(25(16,21)22)7-11(9)15(20)23-8-13(18)17-14(19)12-3-2-6-24-12/h2-7H,8H2,1H3,(H2,16,21,22)(H,17,18,19). The first-order valence-electron chi connectivity index (χ1n) is 6.87. The van der Waals surface area contributed by atoms with Crippen LogP contribution in [0.25, 0.3) is 0 Å².